The van der Waals surface area contributed by atoms with Gasteiger partial charge in [-0.25, -0.2) is 9.18 Å². The van der Waals surface area contributed by atoms with Crippen LogP contribution in [-0.4, -0.2) is 70.8 Å². The Morgan fingerprint density at radius 2 is 1.68 bits per heavy atom. The molecule has 2 aliphatic carbocycles. The highest BCUT2D eigenvalue weighted by atomic mass is 19.1. The monoisotopic (exact) mass is 826 g/mol. The number of amides is 1. The van der Waals surface area contributed by atoms with Crippen molar-refractivity contribution in [1.29, 1.82) is 0 Å². The van der Waals surface area contributed by atoms with Crippen molar-refractivity contribution in [3.63, 3.8) is 0 Å². The molecule has 1 heterocycles. The zero-order chi connectivity index (χ0) is 43.0. The van der Waals surface area contributed by atoms with Crippen molar-refractivity contribution in [3.05, 3.63) is 113 Å². The minimum atomic E-state index is -1.48. The van der Waals surface area contributed by atoms with Gasteiger partial charge in [-0.05, 0) is 144 Å². The highest BCUT2D eigenvalue weighted by molar-refractivity contribution is 6.03. The molecule has 3 aromatic carbocycles. The molecule has 6 atom stereocenters. The number of allylic oxidation sites excluding steroid dienone is 1. The molecule has 1 aliphatic heterocycles. The van der Waals surface area contributed by atoms with Gasteiger partial charge in [0, 0.05) is 37.7 Å². The second-order valence-electron chi connectivity index (χ2n) is 17.3. The van der Waals surface area contributed by atoms with Crippen molar-refractivity contribution in [1.82, 2.24) is 4.90 Å². The molecule has 0 radical (unpaired) electrons. The second kappa shape index (κ2) is 19.8. The van der Waals surface area contributed by atoms with E-state index in [9.17, 15) is 19.4 Å². The lowest BCUT2D eigenvalue weighted by molar-refractivity contribution is -0.256. The number of hydrogen-bond acceptors (Lipinski definition) is 9. The molecular formula is C49H63FN2O8. The summed E-state index contributed by atoms with van der Waals surface area (Å²) in [5, 5.41) is 24.8. The number of aliphatic hydroxyl groups is 2. The van der Waals surface area contributed by atoms with Gasteiger partial charge in [0.25, 0.3) is 0 Å². The van der Waals surface area contributed by atoms with Crippen molar-refractivity contribution >= 4 is 11.8 Å². The largest absolute Gasteiger partial charge is 0.459 e. The first-order valence-corrected chi connectivity index (χ1v) is 21.5. The molecule has 1 saturated carbocycles. The van der Waals surface area contributed by atoms with Gasteiger partial charge in [-0.15, -0.1) is 6.58 Å². The number of unbranched alkanes of at least 4 members (excludes halogenated alkanes) is 2. The van der Waals surface area contributed by atoms with Gasteiger partial charge in [-0.3, -0.25) is 4.90 Å². The van der Waals surface area contributed by atoms with E-state index in [2.05, 4.69) is 32.6 Å². The Balaban J connectivity index is 1.62. The van der Waals surface area contributed by atoms with Gasteiger partial charge in [-0.2, -0.15) is 0 Å². The summed E-state index contributed by atoms with van der Waals surface area (Å²) in [6.45, 7) is 16.3. The molecule has 10 nitrogen and oxygen atoms in total. The summed E-state index contributed by atoms with van der Waals surface area (Å²) >= 11 is 0. The Labute approximate surface area is 355 Å². The molecule has 11 heteroatoms. The predicted molar refractivity (Wildman–Crippen MR) is 231 cm³/mol. The van der Waals surface area contributed by atoms with Gasteiger partial charge < -0.3 is 34.0 Å². The number of rotatable bonds is 18. The standard InChI is InChI=1S/C49H63FN2O8/c1-8-26-57-49-44(52(47(55)56-9-2)31-34-17-19-36(50)20-18-34)30-42(51-60-48(5,6)7)40-28-35(14-10-12-24-53)39(15-11-13-25-54)45(46(40)49)41-29-38(22-23-43(41)59-49)58-37-21-16-32(3)33(4)27-37/h8,16-23,27-29,35,39,44-46,53-54H,1,9-15,24-26,30-31H2,2-7H3. The third kappa shape index (κ3) is 10.1. The third-order valence-electron chi connectivity index (χ3n) is 11.9. The van der Waals surface area contributed by atoms with E-state index in [-0.39, 0.29) is 63.0 Å². The molecule has 324 valence electrons. The van der Waals surface area contributed by atoms with Crippen LogP contribution in [0.3, 0.4) is 0 Å². The number of hydrogen-bond donors (Lipinski definition) is 2. The number of aryl methyl sites for hydroxylation is 2. The molecule has 1 fully saturated rings. The lowest BCUT2D eigenvalue weighted by Crippen LogP contribution is -2.70. The zero-order valence-electron chi connectivity index (χ0n) is 36.1. The molecule has 6 rings (SSSR count). The summed E-state index contributed by atoms with van der Waals surface area (Å²) in [7, 11) is 0. The van der Waals surface area contributed by atoms with Crippen LogP contribution in [0.1, 0.15) is 101 Å². The van der Waals surface area contributed by atoms with Gasteiger partial charge in [0.15, 0.2) is 0 Å². The van der Waals surface area contributed by atoms with E-state index in [1.807, 2.05) is 51.1 Å². The van der Waals surface area contributed by atoms with E-state index >= 15 is 0 Å². The maximum Gasteiger partial charge on any atom is 0.410 e. The highest BCUT2D eigenvalue weighted by Gasteiger charge is 2.65. The number of benzene rings is 3. The maximum atomic E-state index is 14.4. The van der Waals surface area contributed by atoms with Gasteiger partial charge in [-0.1, -0.05) is 48.3 Å². The predicted octanol–water partition coefficient (Wildman–Crippen LogP) is 10.3. The fourth-order valence-corrected chi connectivity index (χ4v) is 9.11. The lowest BCUT2D eigenvalue weighted by Gasteiger charge is -2.60. The number of carbonyl (C=O) groups is 1. The summed E-state index contributed by atoms with van der Waals surface area (Å²) in [5.41, 5.74) is 4.92. The van der Waals surface area contributed by atoms with Crippen LogP contribution in [0.15, 0.2) is 90.1 Å². The van der Waals surface area contributed by atoms with E-state index < -0.39 is 29.4 Å². The molecule has 3 aromatic rings. The number of aliphatic hydroxyl groups excluding tert-OH is 2. The quantitative estimate of drug-likeness (QED) is 0.0739. The normalized spacial score (nSPS) is 23.8. The molecule has 6 unspecified atom stereocenters. The summed E-state index contributed by atoms with van der Waals surface area (Å²) in [4.78, 5) is 22.2. The van der Waals surface area contributed by atoms with Crippen LogP contribution in [0.2, 0.25) is 0 Å². The van der Waals surface area contributed by atoms with Crippen LogP contribution in [-0.2, 0) is 20.9 Å². The zero-order valence-corrected chi connectivity index (χ0v) is 36.1. The Kier molecular flexibility index (Phi) is 14.8. The van der Waals surface area contributed by atoms with E-state index in [4.69, 9.17) is 28.9 Å². The molecule has 0 bridgehead atoms. The fraction of sp³-hybridized carbons (Fsp3) is 0.510. The number of halogens is 1. The smallest absolute Gasteiger partial charge is 0.410 e. The van der Waals surface area contributed by atoms with Crippen LogP contribution < -0.4 is 9.47 Å². The Morgan fingerprint density at radius 3 is 2.35 bits per heavy atom. The van der Waals surface area contributed by atoms with Crippen LogP contribution in [0, 0.1) is 37.4 Å². The average Bonchev–Trinajstić information content (AvgIpc) is 3.21. The van der Waals surface area contributed by atoms with Crippen molar-refractivity contribution in [2.45, 2.75) is 116 Å². The fourth-order valence-electron chi connectivity index (χ4n) is 9.11. The molecule has 60 heavy (non-hydrogen) atoms. The first-order chi connectivity index (χ1) is 28.8. The minimum Gasteiger partial charge on any atom is -0.459 e. The summed E-state index contributed by atoms with van der Waals surface area (Å²) in [6, 6.07) is 17.2. The van der Waals surface area contributed by atoms with Crippen molar-refractivity contribution in [2.75, 3.05) is 26.4 Å². The van der Waals surface area contributed by atoms with Crippen molar-refractivity contribution in [2.24, 2.45) is 22.9 Å². The number of carbonyl (C=O) groups excluding carboxylic acids is 1. The Morgan fingerprint density at radius 1 is 0.983 bits per heavy atom. The summed E-state index contributed by atoms with van der Waals surface area (Å²) < 4.78 is 40.9. The first kappa shape index (κ1) is 44.8. The second-order valence-corrected chi connectivity index (χ2v) is 17.3. The first-order valence-electron chi connectivity index (χ1n) is 21.5. The van der Waals surface area contributed by atoms with Crippen molar-refractivity contribution in [3.8, 4) is 17.2 Å². The molecule has 0 aromatic heterocycles. The molecule has 0 saturated heterocycles. The molecular weight excluding hydrogens is 764 g/mol. The molecule has 0 spiro atoms. The number of nitrogens with zero attached hydrogens (tertiary/aromatic N) is 2. The summed E-state index contributed by atoms with van der Waals surface area (Å²) in [5.74, 6) is -0.525. The van der Waals surface area contributed by atoms with Crippen LogP contribution in [0.4, 0.5) is 9.18 Å². The number of oxime groups is 1. The van der Waals surface area contributed by atoms with Crippen LogP contribution in [0.5, 0.6) is 17.2 Å². The average molecular weight is 827 g/mol. The lowest BCUT2D eigenvalue weighted by atomic mass is 9.55. The van der Waals surface area contributed by atoms with E-state index in [0.717, 1.165) is 48.1 Å². The molecule has 1 amide bonds. The Bertz CT molecular complexity index is 2010. The van der Waals surface area contributed by atoms with Crippen LogP contribution >= 0.6 is 0 Å². The van der Waals surface area contributed by atoms with Gasteiger partial charge in [0.1, 0.15) is 34.7 Å². The SMILES string of the molecule is C=CCOC12Oc3ccc(Oc4ccc(C)c(C)c4)cc3C3C(CCCCO)C(CCCCO)C=C(C(=NOC(C)(C)C)CC1N(Cc1ccc(F)cc1)C(=O)OCC)C32. The maximum absolute atomic E-state index is 14.4. The Hall–Kier alpha value is -4.71. The van der Waals surface area contributed by atoms with Gasteiger partial charge in [0.05, 0.1) is 24.8 Å². The molecule has 2 N–H and O–H groups in total. The van der Waals surface area contributed by atoms with E-state index in [1.54, 1.807) is 30.0 Å². The number of ether oxygens (including phenoxy) is 4. The number of fused-ring (bicyclic) bond motifs is 2. The minimum absolute atomic E-state index is 0.0342. The topological polar surface area (TPSA) is 119 Å². The van der Waals surface area contributed by atoms with Gasteiger partial charge >= 0.3 is 6.09 Å². The van der Waals surface area contributed by atoms with E-state index in [0.29, 0.717) is 35.6 Å². The molecule has 3 aliphatic rings. The summed E-state index contributed by atoms with van der Waals surface area (Å²) in [6.07, 6.45) is 8.16. The van der Waals surface area contributed by atoms with Gasteiger partial charge in [0.2, 0.25) is 5.79 Å². The highest BCUT2D eigenvalue weighted by Crippen LogP contribution is 2.62. The van der Waals surface area contributed by atoms with E-state index in [1.165, 1.54) is 17.7 Å². The third-order valence-corrected chi connectivity index (χ3v) is 11.9. The van der Waals surface area contributed by atoms with Crippen LogP contribution in [0.25, 0.3) is 0 Å². The van der Waals surface area contributed by atoms with Crippen molar-refractivity contribution < 1.29 is 43.2 Å².